The Morgan fingerprint density at radius 1 is 1.35 bits per heavy atom. The molecule has 1 aromatic rings. The molecule has 3 N–H and O–H groups in total. The highest BCUT2D eigenvalue weighted by molar-refractivity contribution is 5.92. The first-order valence-electron chi connectivity index (χ1n) is 7.70. The van der Waals surface area contributed by atoms with Crippen molar-refractivity contribution in [2.45, 2.75) is 13.3 Å². The lowest BCUT2D eigenvalue weighted by Crippen LogP contribution is -2.35. The number of carbonyl (C=O) groups is 1. The fraction of sp³-hybridized carbons (Fsp3) is 0.562. The number of rotatable bonds is 4. The molecule has 1 fully saturated rings. The number of nitrogens with two attached hydrogens (primary N) is 1. The third-order valence-electron chi connectivity index (χ3n) is 4.32. The van der Waals surface area contributed by atoms with Gasteiger partial charge in [0, 0.05) is 18.3 Å². The van der Waals surface area contributed by atoms with Gasteiger partial charge in [0.1, 0.15) is 13.2 Å². The minimum atomic E-state index is -0.0158. The SMILES string of the molecule is CC1(CN)CCN(CC(=O)Nc2ccc3c(c2)OCCO3)C1.Cl. The number of carbonyl (C=O) groups excluding carboxylic acids is 1. The first kappa shape index (κ1) is 17.8. The van der Waals surface area contributed by atoms with Crippen LogP contribution >= 0.6 is 12.4 Å². The number of nitrogens with zero attached hydrogens (tertiary/aromatic N) is 1. The van der Waals surface area contributed by atoms with E-state index in [0.717, 1.165) is 30.9 Å². The first-order valence-corrected chi connectivity index (χ1v) is 7.70. The van der Waals surface area contributed by atoms with Crippen molar-refractivity contribution in [3.05, 3.63) is 18.2 Å². The minimum Gasteiger partial charge on any atom is -0.486 e. The lowest BCUT2D eigenvalue weighted by Gasteiger charge is -2.22. The van der Waals surface area contributed by atoms with Crippen LogP contribution in [0, 0.1) is 5.41 Å². The monoisotopic (exact) mass is 341 g/mol. The van der Waals surface area contributed by atoms with Crippen molar-refractivity contribution in [3.8, 4) is 11.5 Å². The van der Waals surface area contributed by atoms with E-state index in [0.29, 0.717) is 32.1 Å². The maximum Gasteiger partial charge on any atom is 0.238 e. The molecular formula is C16H24ClN3O3. The normalized spacial score (nSPS) is 23.2. The molecule has 2 heterocycles. The Morgan fingerprint density at radius 2 is 2.09 bits per heavy atom. The van der Waals surface area contributed by atoms with Gasteiger partial charge in [0.25, 0.3) is 0 Å². The Morgan fingerprint density at radius 3 is 2.78 bits per heavy atom. The van der Waals surface area contributed by atoms with Gasteiger partial charge in [-0.3, -0.25) is 9.69 Å². The minimum absolute atomic E-state index is 0. The summed E-state index contributed by atoms with van der Waals surface area (Å²) >= 11 is 0. The van der Waals surface area contributed by atoms with Crippen molar-refractivity contribution in [2.75, 3.05) is 44.7 Å². The van der Waals surface area contributed by atoms with Gasteiger partial charge < -0.3 is 20.5 Å². The predicted molar refractivity (Wildman–Crippen MR) is 91.5 cm³/mol. The van der Waals surface area contributed by atoms with Gasteiger partial charge in [-0.2, -0.15) is 0 Å². The predicted octanol–water partition coefficient (Wildman–Crippen LogP) is 1.49. The summed E-state index contributed by atoms with van der Waals surface area (Å²) in [5, 5.41) is 2.92. The Hall–Kier alpha value is -1.50. The highest BCUT2D eigenvalue weighted by Crippen LogP contribution is 2.32. The molecular weight excluding hydrogens is 318 g/mol. The third-order valence-corrected chi connectivity index (χ3v) is 4.32. The quantitative estimate of drug-likeness (QED) is 0.867. The Labute approximate surface area is 142 Å². The number of fused-ring (bicyclic) bond motifs is 1. The molecule has 2 aliphatic rings. The summed E-state index contributed by atoms with van der Waals surface area (Å²) in [6.45, 7) is 6.12. The number of nitrogens with one attached hydrogen (secondary N) is 1. The zero-order valence-electron chi connectivity index (χ0n) is 13.3. The molecule has 2 aliphatic heterocycles. The molecule has 1 aromatic carbocycles. The summed E-state index contributed by atoms with van der Waals surface area (Å²) in [5.74, 6) is 1.39. The highest BCUT2D eigenvalue weighted by Gasteiger charge is 2.33. The molecule has 7 heteroatoms. The van der Waals surface area contributed by atoms with Crippen LogP contribution in [0.4, 0.5) is 5.69 Å². The van der Waals surface area contributed by atoms with Gasteiger partial charge in [-0.05, 0) is 37.1 Å². The van der Waals surface area contributed by atoms with Crippen molar-refractivity contribution < 1.29 is 14.3 Å². The number of hydrogen-bond donors (Lipinski definition) is 2. The van der Waals surface area contributed by atoms with Gasteiger partial charge >= 0.3 is 0 Å². The molecule has 128 valence electrons. The molecule has 0 saturated carbocycles. The standard InChI is InChI=1S/C16H23N3O3.ClH/c1-16(10-17)4-5-19(11-16)9-15(20)18-12-2-3-13-14(8-12)22-7-6-21-13;/h2-3,8H,4-7,9-11,17H2,1H3,(H,18,20);1H. The lowest BCUT2D eigenvalue weighted by molar-refractivity contribution is -0.117. The Balaban J connectivity index is 0.00000192. The van der Waals surface area contributed by atoms with E-state index in [2.05, 4.69) is 17.1 Å². The number of ether oxygens (including phenoxy) is 2. The van der Waals surface area contributed by atoms with Crippen LogP contribution in [0.25, 0.3) is 0 Å². The fourth-order valence-electron chi connectivity index (χ4n) is 2.95. The second-order valence-corrected chi connectivity index (χ2v) is 6.38. The molecule has 0 spiro atoms. The van der Waals surface area contributed by atoms with Crippen LogP contribution < -0.4 is 20.5 Å². The maximum atomic E-state index is 12.2. The third kappa shape index (κ3) is 4.28. The lowest BCUT2D eigenvalue weighted by atomic mass is 9.90. The molecule has 6 nitrogen and oxygen atoms in total. The van der Waals surface area contributed by atoms with E-state index in [9.17, 15) is 4.79 Å². The van der Waals surface area contributed by atoms with Crippen LogP contribution in [0.15, 0.2) is 18.2 Å². The number of likely N-dealkylation sites (tertiary alicyclic amines) is 1. The Kier molecular flexibility index (Phi) is 5.73. The molecule has 23 heavy (non-hydrogen) atoms. The van der Waals surface area contributed by atoms with E-state index in [1.165, 1.54) is 0 Å². The van der Waals surface area contributed by atoms with Crippen molar-refractivity contribution in [1.29, 1.82) is 0 Å². The van der Waals surface area contributed by atoms with E-state index in [1.807, 2.05) is 12.1 Å². The molecule has 0 bridgehead atoms. The average Bonchev–Trinajstić information content (AvgIpc) is 2.89. The van der Waals surface area contributed by atoms with Gasteiger partial charge in [0.05, 0.1) is 6.54 Å². The molecule has 0 aliphatic carbocycles. The zero-order valence-corrected chi connectivity index (χ0v) is 14.2. The largest absolute Gasteiger partial charge is 0.486 e. The molecule has 1 atom stereocenters. The molecule has 1 unspecified atom stereocenters. The van der Waals surface area contributed by atoms with Crippen molar-refractivity contribution >= 4 is 24.0 Å². The van der Waals surface area contributed by atoms with Crippen LogP contribution in [-0.4, -0.2) is 50.2 Å². The van der Waals surface area contributed by atoms with Gasteiger partial charge in [-0.25, -0.2) is 0 Å². The summed E-state index contributed by atoms with van der Waals surface area (Å²) in [4.78, 5) is 14.3. The topological polar surface area (TPSA) is 76.8 Å². The average molecular weight is 342 g/mol. The maximum absolute atomic E-state index is 12.2. The van der Waals surface area contributed by atoms with Crippen LogP contribution in [-0.2, 0) is 4.79 Å². The number of amides is 1. The van der Waals surface area contributed by atoms with Crippen molar-refractivity contribution in [1.82, 2.24) is 4.90 Å². The number of anilines is 1. The molecule has 0 aromatic heterocycles. The fourth-order valence-corrected chi connectivity index (χ4v) is 2.95. The van der Waals surface area contributed by atoms with E-state index in [-0.39, 0.29) is 23.7 Å². The van der Waals surface area contributed by atoms with Gasteiger partial charge in [-0.1, -0.05) is 6.92 Å². The van der Waals surface area contributed by atoms with Crippen molar-refractivity contribution in [3.63, 3.8) is 0 Å². The summed E-state index contributed by atoms with van der Waals surface area (Å²) in [6.07, 6.45) is 1.04. The zero-order chi connectivity index (χ0) is 15.6. The summed E-state index contributed by atoms with van der Waals surface area (Å²) in [7, 11) is 0. The number of halogens is 1. The number of benzene rings is 1. The van der Waals surface area contributed by atoms with Crippen LogP contribution in [0.5, 0.6) is 11.5 Å². The summed E-state index contributed by atoms with van der Waals surface area (Å²) in [6, 6.07) is 5.46. The van der Waals surface area contributed by atoms with Gasteiger partial charge in [0.15, 0.2) is 11.5 Å². The molecule has 1 amide bonds. The summed E-state index contributed by atoms with van der Waals surface area (Å²) in [5.41, 5.74) is 6.66. The smallest absolute Gasteiger partial charge is 0.238 e. The number of hydrogen-bond acceptors (Lipinski definition) is 5. The van der Waals surface area contributed by atoms with E-state index in [4.69, 9.17) is 15.2 Å². The Bertz CT molecular complexity index is 570. The molecule has 3 rings (SSSR count). The highest BCUT2D eigenvalue weighted by atomic mass is 35.5. The van der Waals surface area contributed by atoms with Crippen LogP contribution in [0.1, 0.15) is 13.3 Å². The van der Waals surface area contributed by atoms with E-state index < -0.39 is 0 Å². The first-order chi connectivity index (χ1) is 10.6. The van der Waals surface area contributed by atoms with Crippen LogP contribution in [0.2, 0.25) is 0 Å². The molecule has 0 radical (unpaired) electrons. The molecule has 1 saturated heterocycles. The van der Waals surface area contributed by atoms with Gasteiger partial charge in [0.2, 0.25) is 5.91 Å². The van der Waals surface area contributed by atoms with E-state index >= 15 is 0 Å². The summed E-state index contributed by atoms with van der Waals surface area (Å²) < 4.78 is 11.0. The van der Waals surface area contributed by atoms with E-state index in [1.54, 1.807) is 6.07 Å². The van der Waals surface area contributed by atoms with Crippen molar-refractivity contribution in [2.24, 2.45) is 11.1 Å². The second-order valence-electron chi connectivity index (χ2n) is 6.38. The second kappa shape index (κ2) is 7.38. The van der Waals surface area contributed by atoms with Crippen LogP contribution in [0.3, 0.4) is 0 Å². The van der Waals surface area contributed by atoms with Gasteiger partial charge in [-0.15, -0.1) is 12.4 Å².